The number of aryl methyl sites for hydroxylation is 1. The van der Waals surface area contributed by atoms with E-state index < -0.39 is 0 Å². The fraction of sp³-hybridized carbons (Fsp3) is 0.300. The molecule has 0 bridgehead atoms. The number of aromatic nitrogens is 1. The normalized spacial score (nSPS) is 12.5. The Morgan fingerprint density at radius 3 is 2.31 bits per heavy atom. The van der Waals surface area contributed by atoms with Crippen LogP contribution in [0.5, 0.6) is 0 Å². The lowest BCUT2D eigenvalue weighted by Crippen LogP contribution is -2.12. The average molecular weight is 422 g/mol. The number of hydrogen-bond donors (Lipinski definition) is 0. The maximum Gasteiger partial charge on any atom is 0.146 e. The summed E-state index contributed by atoms with van der Waals surface area (Å²) in [6, 6.07) is 21.6. The summed E-state index contributed by atoms with van der Waals surface area (Å²) in [6.07, 6.45) is 0.930. The van der Waals surface area contributed by atoms with Crippen molar-refractivity contribution < 1.29 is 4.42 Å². The van der Waals surface area contributed by atoms with Crippen LogP contribution in [0.4, 0.5) is 0 Å². The lowest BCUT2D eigenvalue weighted by atomic mass is 9.82. The molecule has 0 N–H and O–H groups in total. The molecular weight excluding hydrogens is 390 g/mol. The first-order chi connectivity index (χ1) is 15.2. The van der Waals surface area contributed by atoms with E-state index in [-0.39, 0.29) is 5.41 Å². The molecule has 2 heterocycles. The third-order valence-corrected chi connectivity index (χ3v) is 6.40. The van der Waals surface area contributed by atoms with Crippen molar-refractivity contribution >= 4 is 32.6 Å². The summed E-state index contributed by atoms with van der Waals surface area (Å²) in [6.45, 7) is 13.5. The van der Waals surface area contributed by atoms with Gasteiger partial charge in [-0.15, -0.1) is 0 Å². The maximum atomic E-state index is 6.53. The van der Waals surface area contributed by atoms with E-state index in [0.29, 0.717) is 5.92 Å². The molecule has 0 fully saturated rings. The van der Waals surface area contributed by atoms with Gasteiger partial charge in [-0.3, -0.25) is 0 Å². The van der Waals surface area contributed by atoms with Crippen LogP contribution in [0.15, 0.2) is 65.1 Å². The van der Waals surface area contributed by atoms with E-state index in [0.717, 1.165) is 45.3 Å². The number of para-hydroxylation sites is 1. The van der Waals surface area contributed by atoms with Crippen LogP contribution >= 0.6 is 0 Å². The van der Waals surface area contributed by atoms with E-state index in [4.69, 9.17) is 9.40 Å². The van der Waals surface area contributed by atoms with Gasteiger partial charge in [-0.05, 0) is 58.9 Å². The average Bonchev–Trinajstić information content (AvgIpc) is 3.07. The van der Waals surface area contributed by atoms with Crippen LogP contribution in [-0.2, 0) is 11.8 Å². The minimum Gasteiger partial charge on any atom is -0.460 e. The molecule has 0 saturated heterocycles. The van der Waals surface area contributed by atoms with Crippen LogP contribution in [-0.4, -0.2) is 4.98 Å². The number of pyridine rings is 1. The molecule has 2 nitrogen and oxygen atoms in total. The van der Waals surface area contributed by atoms with E-state index >= 15 is 0 Å². The van der Waals surface area contributed by atoms with Gasteiger partial charge in [-0.2, -0.15) is 0 Å². The van der Waals surface area contributed by atoms with Crippen molar-refractivity contribution in [2.45, 2.75) is 53.4 Å². The van der Waals surface area contributed by atoms with Crippen molar-refractivity contribution in [2.24, 2.45) is 5.92 Å². The number of nitrogens with zero attached hydrogens (tertiary/aromatic N) is 1. The van der Waals surface area contributed by atoms with Crippen LogP contribution in [0.25, 0.3) is 43.9 Å². The fourth-order valence-electron chi connectivity index (χ4n) is 4.82. The Balaban J connectivity index is 1.90. The molecule has 0 spiro atoms. The molecule has 162 valence electrons. The van der Waals surface area contributed by atoms with E-state index in [1.54, 1.807) is 0 Å². The second-order valence-electron chi connectivity index (χ2n) is 10.4. The molecule has 2 heteroatoms. The van der Waals surface area contributed by atoms with Crippen LogP contribution in [0.1, 0.15) is 51.5 Å². The topological polar surface area (TPSA) is 26.0 Å². The zero-order valence-corrected chi connectivity index (χ0v) is 19.9. The maximum absolute atomic E-state index is 6.53. The Morgan fingerprint density at radius 1 is 0.906 bits per heavy atom. The van der Waals surface area contributed by atoms with E-state index in [2.05, 4.69) is 102 Å². The van der Waals surface area contributed by atoms with Crippen molar-refractivity contribution in [3.05, 3.63) is 77.6 Å². The first-order valence-corrected chi connectivity index (χ1v) is 11.6. The summed E-state index contributed by atoms with van der Waals surface area (Å²) in [5.41, 5.74) is 6.70. The molecule has 5 aromatic rings. The van der Waals surface area contributed by atoms with Gasteiger partial charge < -0.3 is 4.42 Å². The SMILES string of the molecule is Cc1c(CC(C)C)oc2c1c(-c1cc(C(C)(C)C)c3ccccc3c1)nc1ccccc12. The second kappa shape index (κ2) is 7.48. The minimum absolute atomic E-state index is 0.0276. The molecule has 0 radical (unpaired) electrons. The molecule has 0 aliphatic rings. The van der Waals surface area contributed by atoms with E-state index in [9.17, 15) is 0 Å². The molecule has 32 heavy (non-hydrogen) atoms. The van der Waals surface area contributed by atoms with Crippen molar-refractivity contribution in [3.63, 3.8) is 0 Å². The monoisotopic (exact) mass is 421 g/mol. The van der Waals surface area contributed by atoms with Gasteiger partial charge in [-0.25, -0.2) is 4.98 Å². The highest BCUT2D eigenvalue weighted by molar-refractivity contribution is 6.10. The highest BCUT2D eigenvalue weighted by Crippen LogP contribution is 2.41. The van der Waals surface area contributed by atoms with E-state index in [1.807, 2.05) is 0 Å². The number of benzene rings is 3. The number of furan rings is 1. The first kappa shape index (κ1) is 20.8. The predicted octanol–water partition coefficient (Wildman–Crippen LogP) is 8.61. The molecule has 0 unspecified atom stereocenters. The van der Waals surface area contributed by atoms with Crippen LogP contribution < -0.4 is 0 Å². The molecule has 5 rings (SSSR count). The molecular formula is C30H31NO. The third kappa shape index (κ3) is 3.39. The van der Waals surface area contributed by atoms with Crippen molar-refractivity contribution in [2.75, 3.05) is 0 Å². The summed E-state index contributed by atoms with van der Waals surface area (Å²) >= 11 is 0. The van der Waals surface area contributed by atoms with Gasteiger partial charge in [0.2, 0.25) is 0 Å². The van der Waals surface area contributed by atoms with E-state index in [1.165, 1.54) is 21.9 Å². The van der Waals surface area contributed by atoms with Gasteiger partial charge in [0.1, 0.15) is 11.3 Å². The molecule has 3 aromatic carbocycles. The van der Waals surface area contributed by atoms with Crippen LogP contribution in [0.2, 0.25) is 0 Å². The molecule has 0 atom stereocenters. The minimum atomic E-state index is 0.0276. The lowest BCUT2D eigenvalue weighted by Gasteiger charge is -2.23. The molecule has 0 saturated carbocycles. The first-order valence-electron chi connectivity index (χ1n) is 11.6. The zero-order valence-electron chi connectivity index (χ0n) is 19.9. The summed E-state index contributed by atoms with van der Waals surface area (Å²) < 4.78 is 6.53. The zero-order chi connectivity index (χ0) is 22.6. The smallest absolute Gasteiger partial charge is 0.146 e. The quantitative estimate of drug-likeness (QED) is 0.291. The highest BCUT2D eigenvalue weighted by atomic mass is 16.3. The van der Waals surface area contributed by atoms with Gasteiger partial charge in [0.05, 0.1) is 16.6 Å². The van der Waals surface area contributed by atoms with Gasteiger partial charge >= 0.3 is 0 Å². The third-order valence-electron chi connectivity index (χ3n) is 6.40. The van der Waals surface area contributed by atoms with Gasteiger partial charge in [0, 0.05) is 22.9 Å². The summed E-state index contributed by atoms with van der Waals surface area (Å²) in [4.78, 5) is 5.20. The molecule has 0 aliphatic heterocycles. The van der Waals surface area contributed by atoms with Gasteiger partial charge in [0.15, 0.2) is 0 Å². The standard InChI is InChI=1S/C30H31NO/c1-18(2)15-26-19(3)27-28(31-25-14-10-9-13-23(25)29(27)32-26)21-16-20-11-7-8-12-22(20)24(17-21)30(4,5)6/h7-14,16-18H,15H2,1-6H3. The largest absolute Gasteiger partial charge is 0.460 e. The summed E-state index contributed by atoms with van der Waals surface area (Å²) in [5, 5.41) is 4.79. The highest BCUT2D eigenvalue weighted by Gasteiger charge is 2.23. The predicted molar refractivity (Wildman–Crippen MR) is 136 cm³/mol. The molecule has 0 amide bonds. The van der Waals surface area contributed by atoms with Crippen molar-refractivity contribution in [3.8, 4) is 11.3 Å². The molecule has 0 aliphatic carbocycles. The molecule has 2 aromatic heterocycles. The summed E-state index contributed by atoms with van der Waals surface area (Å²) in [7, 11) is 0. The Bertz CT molecular complexity index is 1460. The number of fused-ring (bicyclic) bond motifs is 4. The fourth-order valence-corrected chi connectivity index (χ4v) is 4.82. The Hall–Kier alpha value is -3.13. The number of hydrogen-bond acceptors (Lipinski definition) is 2. The van der Waals surface area contributed by atoms with Gasteiger partial charge in [0.25, 0.3) is 0 Å². The van der Waals surface area contributed by atoms with Crippen molar-refractivity contribution in [1.82, 2.24) is 4.98 Å². The summed E-state index contributed by atoms with van der Waals surface area (Å²) in [5.74, 6) is 1.61. The lowest BCUT2D eigenvalue weighted by molar-refractivity contribution is 0.498. The van der Waals surface area contributed by atoms with Gasteiger partial charge in [-0.1, -0.05) is 71.0 Å². The Morgan fingerprint density at radius 2 is 1.59 bits per heavy atom. The van der Waals surface area contributed by atoms with Crippen LogP contribution in [0.3, 0.4) is 0 Å². The second-order valence-corrected chi connectivity index (χ2v) is 10.4. The van der Waals surface area contributed by atoms with Crippen molar-refractivity contribution in [1.29, 1.82) is 0 Å². The Labute approximate surface area is 190 Å². The van der Waals surface area contributed by atoms with Crippen LogP contribution in [0, 0.1) is 12.8 Å². The number of rotatable bonds is 3. The Kier molecular flexibility index (Phi) is 4.85.